The first-order valence-electron chi connectivity index (χ1n) is 7.86. The molecule has 24 heavy (non-hydrogen) atoms. The number of para-hydroxylation sites is 1. The Kier molecular flexibility index (Phi) is 4.35. The summed E-state index contributed by atoms with van der Waals surface area (Å²) in [6.07, 6.45) is 0. The Morgan fingerprint density at radius 2 is 1.71 bits per heavy atom. The van der Waals surface area contributed by atoms with E-state index in [9.17, 15) is 14.4 Å². The van der Waals surface area contributed by atoms with Gasteiger partial charge in [-0.2, -0.15) is 0 Å². The second kappa shape index (κ2) is 6.45. The molecular weight excluding hydrogens is 308 g/mol. The largest absolute Gasteiger partial charge is 0.394 e. The molecule has 1 fully saturated rings. The van der Waals surface area contributed by atoms with E-state index in [1.165, 1.54) is 0 Å². The Morgan fingerprint density at radius 1 is 1.08 bits per heavy atom. The summed E-state index contributed by atoms with van der Waals surface area (Å²) in [5, 5.41) is 0. The maximum absolute atomic E-state index is 12.4. The number of hydrogen-bond donors (Lipinski definition) is 1. The first-order valence-corrected chi connectivity index (χ1v) is 7.86. The molecule has 0 unspecified atom stereocenters. The summed E-state index contributed by atoms with van der Waals surface area (Å²) in [5.41, 5.74) is 5.77. The molecule has 2 aromatic carbocycles. The zero-order valence-electron chi connectivity index (χ0n) is 13.6. The van der Waals surface area contributed by atoms with Gasteiger partial charge >= 0.3 is 0 Å². The lowest BCUT2D eigenvalue weighted by molar-refractivity contribution is -0.119. The van der Waals surface area contributed by atoms with Crippen molar-refractivity contribution in [3.8, 4) is 0 Å². The lowest BCUT2D eigenvalue weighted by Crippen LogP contribution is -2.53. The van der Waals surface area contributed by atoms with Gasteiger partial charge in [-0.1, -0.05) is 18.2 Å². The fourth-order valence-corrected chi connectivity index (χ4v) is 2.93. The van der Waals surface area contributed by atoms with E-state index < -0.39 is 10.9 Å². The first-order chi connectivity index (χ1) is 11.5. The smallest absolute Gasteiger partial charge is 0.253 e. The highest BCUT2D eigenvalue weighted by Gasteiger charge is 2.27. The van der Waals surface area contributed by atoms with Gasteiger partial charge < -0.3 is 15.5 Å². The van der Waals surface area contributed by atoms with Crippen molar-refractivity contribution in [2.24, 2.45) is 0 Å². The van der Waals surface area contributed by atoms with Crippen LogP contribution in [0.5, 0.6) is 0 Å². The van der Waals surface area contributed by atoms with Crippen molar-refractivity contribution in [3.63, 3.8) is 0 Å². The summed E-state index contributed by atoms with van der Waals surface area (Å²) >= 11 is 0. The van der Waals surface area contributed by atoms with Crippen LogP contribution < -0.4 is 26.4 Å². The number of benzene rings is 1. The molecule has 0 aromatic heterocycles. The van der Waals surface area contributed by atoms with E-state index in [2.05, 4.69) is 0 Å². The molecule has 2 aromatic rings. The molecule has 1 aliphatic rings. The number of nitrogens with two attached hydrogens (primary N) is 1. The zero-order valence-corrected chi connectivity index (χ0v) is 13.6. The van der Waals surface area contributed by atoms with Crippen molar-refractivity contribution in [2.75, 3.05) is 55.3 Å². The highest BCUT2D eigenvalue weighted by molar-refractivity contribution is 5.94. The van der Waals surface area contributed by atoms with Crippen LogP contribution in [0.15, 0.2) is 39.9 Å². The summed E-state index contributed by atoms with van der Waals surface area (Å²) < 4.78 is 0. The minimum Gasteiger partial charge on any atom is -0.394 e. The number of rotatable bonds is 4. The Bertz CT molecular complexity index is 803. The van der Waals surface area contributed by atoms with E-state index in [0.29, 0.717) is 38.4 Å². The van der Waals surface area contributed by atoms with Crippen LogP contribution >= 0.6 is 0 Å². The molecule has 0 saturated carbocycles. The van der Waals surface area contributed by atoms with Crippen LogP contribution in [0, 0.1) is 0 Å². The standard InChI is InChI=1S/C17H20N4O3/c1-19(12-5-3-2-4-6-12)13(22)11-20-7-9-21(10-8-20)15-14(18)16(23)17(15)24/h2-6H,7-11,18H2,1H3. The van der Waals surface area contributed by atoms with Gasteiger partial charge in [0, 0.05) is 38.9 Å². The van der Waals surface area contributed by atoms with Crippen molar-refractivity contribution in [1.29, 1.82) is 0 Å². The van der Waals surface area contributed by atoms with E-state index in [1.54, 1.807) is 11.9 Å². The number of nitrogens with zero attached hydrogens (tertiary/aromatic N) is 3. The van der Waals surface area contributed by atoms with Crippen LogP contribution in [0.3, 0.4) is 0 Å². The minimum absolute atomic E-state index is 0.0169. The van der Waals surface area contributed by atoms with E-state index in [0.717, 1.165) is 5.69 Å². The highest BCUT2D eigenvalue weighted by Crippen LogP contribution is 2.18. The summed E-state index contributed by atoms with van der Waals surface area (Å²) in [4.78, 5) is 40.7. The molecule has 126 valence electrons. The van der Waals surface area contributed by atoms with E-state index in [4.69, 9.17) is 5.73 Å². The van der Waals surface area contributed by atoms with Crippen molar-refractivity contribution in [1.82, 2.24) is 4.90 Å². The molecule has 0 atom stereocenters. The van der Waals surface area contributed by atoms with Crippen molar-refractivity contribution >= 4 is 23.0 Å². The Labute approximate surface area is 139 Å². The van der Waals surface area contributed by atoms with Crippen molar-refractivity contribution in [2.45, 2.75) is 0 Å². The fraction of sp³-hybridized carbons (Fsp3) is 0.353. The molecule has 0 radical (unpaired) electrons. The SMILES string of the molecule is CN(C(=O)CN1CCN(c2c(N)c(=O)c2=O)CC1)c1ccccc1. The van der Waals surface area contributed by atoms with Gasteiger partial charge in [0.25, 0.3) is 10.9 Å². The summed E-state index contributed by atoms with van der Waals surface area (Å²) in [6, 6.07) is 9.49. The van der Waals surface area contributed by atoms with Crippen LogP contribution in [0.1, 0.15) is 0 Å². The second-order valence-corrected chi connectivity index (χ2v) is 5.97. The highest BCUT2D eigenvalue weighted by atomic mass is 16.2. The molecule has 3 rings (SSSR count). The van der Waals surface area contributed by atoms with Crippen LogP contribution in [0.25, 0.3) is 0 Å². The molecule has 0 bridgehead atoms. The molecule has 1 aliphatic heterocycles. The maximum Gasteiger partial charge on any atom is 0.253 e. The zero-order chi connectivity index (χ0) is 17.3. The third kappa shape index (κ3) is 2.90. The van der Waals surface area contributed by atoms with Gasteiger partial charge in [-0.05, 0) is 12.1 Å². The summed E-state index contributed by atoms with van der Waals surface area (Å²) in [5.74, 6) is 0.0169. The first kappa shape index (κ1) is 16.2. The van der Waals surface area contributed by atoms with Gasteiger partial charge in [-0.15, -0.1) is 0 Å². The van der Waals surface area contributed by atoms with Crippen LogP contribution in [-0.4, -0.2) is 50.6 Å². The van der Waals surface area contributed by atoms with Crippen LogP contribution in [0.2, 0.25) is 0 Å². The number of nitrogen functional groups attached to an aromatic ring is 1. The average Bonchev–Trinajstić information content (AvgIpc) is 2.63. The summed E-state index contributed by atoms with van der Waals surface area (Å²) in [6.45, 7) is 2.77. The molecule has 2 N–H and O–H groups in total. The number of amides is 1. The van der Waals surface area contributed by atoms with Crippen LogP contribution in [0.4, 0.5) is 17.1 Å². The lowest BCUT2D eigenvalue weighted by Gasteiger charge is -2.36. The normalized spacial score (nSPS) is 15.6. The number of piperazine rings is 1. The van der Waals surface area contributed by atoms with Crippen molar-refractivity contribution < 1.29 is 4.79 Å². The quantitative estimate of drug-likeness (QED) is 0.772. The topological polar surface area (TPSA) is 86.9 Å². The predicted octanol–water partition coefficient (Wildman–Crippen LogP) is -0.350. The minimum atomic E-state index is -0.591. The van der Waals surface area contributed by atoms with Crippen LogP contribution in [-0.2, 0) is 4.79 Å². The molecule has 7 nitrogen and oxygen atoms in total. The van der Waals surface area contributed by atoms with E-state index in [-0.39, 0.29) is 11.6 Å². The number of carbonyl (C=O) groups excluding carboxylic acids is 1. The van der Waals surface area contributed by atoms with Gasteiger partial charge in [0.05, 0.1) is 6.54 Å². The second-order valence-electron chi connectivity index (χ2n) is 5.97. The molecule has 1 heterocycles. The Balaban J connectivity index is 1.55. The average molecular weight is 328 g/mol. The van der Waals surface area contributed by atoms with E-state index >= 15 is 0 Å². The molecule has 1 saturated heterocycles. The van der Waals surface area contributed by atoms with Gasteiger partial charge in [-0.3, -0.25) is 19.3 Å². The summed E-state index contributed by atoms with van der Waals surface area (Å²) in [7, 11) is 1.76. The Morgan fingerprint density at radius 3 is 2.29 bits per heavy atom. The third-order valence-corrected chi connectivity index (χ3v) is 4.49. The fourth-order valence-electron chi connectivity index (χ4n) is 2.93. The number of anilines is 3. The predicted molar refractivity (Wildman–Crippen MR) is 94.3 cm³/mol. The maximum atomic E-state index is 12.4. The number of hydrogen-bond acceptors (Lipinski definition) is 6. The van der Waals surface area contributed by atoms with Crippen molar-refractivity contribution in [3.05, 3.63) is 50.8 Å². The molecule has 0 aliphatic carbocycles. The number of likely N-dealkylation sites (N-methyl/N-ethyl adjacent to an activating group) is 1. The van der Waals surface area contributed by atoms with Gasteiger partial charge in [0.1, 0.15) is 11.4 Å². The van der Waals surface area contributed by atoms with Gasteiger partial charge in [-0.25, -0.2) is 0 Å². The molecule has 0 spiro atoms. The molecule has 7 heteroatoms. The number of carbonyl (C=O) groups is 1. The molecular formula is C17H20N4O3. The lowest BCUT2D eigenvalue weighted by atomic mass is 10.1. The third-order valence-electron chi connectivity index (χ3n) is 4.49. The molecule has 1 amide bonds. The van der Waals surface area contributed by atoms with Gasteiger partial charge in [0.15, 0.2) is 0 Å². The van der Waals surface area contributed by atoms with E-state index in [1.807, 2.05) is 40.1 Å². The monoisotopic (exact) mass is 328 g/mol. The van der Waals surface area contributed by atoms with Gasteiger partial charge in [0.2, 0.25) is 5.91 Å². The Hall–Kier alpha value is -2.67.